The third-order valence-corrected chi connectivity index (χ3v) is 1.75. The molecule has 1 radical (unpaired) electrons. The molecule has 0 aromatic carbocycles. The highest BCUT2D eigenvalue weighted by Gasteiger charge is 1.94. The number of nitrogens with zero attached hydrogens (tertiary/aromatic N) is 1. The first-order valence-corrected chi connectivity index (χ1v) is 4.27. The molecule has 1 N–H and O–H groups in total. The summed E-state index contributed by atoms with van der Waals surface area (Å²) in [5, 5.41) is 0. The minimum absolute atomic E-state index is 0.568. The zero-order valence-corrected chi connectivity index (χ0v) is 7.05. The molecule has 0 fully saturated rings. The highest BCUT2D eigenvalue weighted by atomic mass is 16.1. The second kappa shape index (κ2) is 5.52. The van der Waals surface area contributed by atoms with Gasteiger partial charge in [-0.05, 0) is 12.8 Å². The van der Waals surface area contributed by atoms with Gasteiger partial charge in [0.1, 0.15) is 5.82 Å². The van der Waals surface area contributed by atoms with E-state index in [0.717, 1.165) is 31.5 Å². The van der Waals surface area contributed by atoms with Crippen LogP contribution in [0.3, 0.4) is 0 Å². The Morgan fingerprint density at radius 1 is 1.42 bits per heavy atom. The lowest BCUT2D eigenvalue weighted by Gasteiger charge is -1.95. The standard InChI is InChI=1S/C9H13N2O/c12-8-4-2-1-3-5-9-10-6-7-11-9/h6-7H,1-5H2,(H,10,11). The SMILES string of the molecule is O=[C]CCCCCc1ncc[nH]1. The van der Waals surface area contributed by atoms with Crippen molar-refractivity contribution in [3.8, 4) is 0 Å². The fourth-order valence-electron chi connectivity index (χ4n) is 1.10. The summed E-state index contributed by atoms with van der Waals surface area (Å²) >= 11 is 0. The fourth-order valence-corrected chi connectivity index (χ4v) is 1.10. The van der Waals surface area contributed by atoms with E-state index in [0.29, 0.717) is 6.42 Å². The summed E-state index contributed by atoms with van der Waals surface area (Å²) in [5.74, 6) is 1.03. The van der Waals surface area contributed by atoms with E-state index in [1.54, 1.807) is 6.20 Å². The van der Waals surface area contributed by atoms with Crippen molar-refractivity contribution in [2.45, 2.75) is 32.1 Å². The van der Waals surface area contributed by atoms with Gasteiger partial charge in [-0.1, -0.05) is 6.42 Å². The second-order valence-electron chi connectivity index (χ2n) is 2.74. The molecular weight excluding hydrogens is 152 g/mol. The van der Waals surface area contributed by atoms with Crippen molar-refractivity contribution in [3.63, 3.8) is 0 Å². The number of aromatic amines is 1. The van der Waals surface area contributed by atoms with Crippen molar-refractivity contribution >= 4 is 6.29 Å². The van der Waals surface area contributed by atoms with Crippen LogP contribution >= 0.6 is 0 Å². The van der Waals surface area contributed by atoms with Gasteiger partial charge >= 0.3 is 0 Å². The van der Waals surface area contributed by atoms with Gasteiger partial charge in [-0.3, -0.25) is 4.79 Å². The van der Waals surface area contributed by atoms with E-state index in [-0.39, 0.29) is 0 Å². The molecule has 0 bridgehead atoms. The van der Waals surface area contributed by atoms with Crippen molar-refractivity contribution < 1.29 is 4.79 Å². The molecule has 0 atom stereocenters. The summed E-state index contributed by atoms with van der Waals surface area (Å²) in [6.07, 6.45) is 10.1. The lowest BCUT2D eigenvalue weighted by Crippen LogP contribution is -1.88. The zero-order valence-electron chi connectivity index (χ0n) is 7.05. The molecule has 1 rings (SSSR count). The number of nitrogens with one attached hydrogen (secondary N) is 1. The van der Waals surface area contributed by atoms with Gasteiger partial charge in [-0.2, -0.15) is 0 Å². The van der Waals surface area contributed by atoms with Crippen LogP contribution in [0.25, 0.3) is 0 Å². The quantitative estimate of drug-likeness (QED) is 0.651. The van der Waals surface area contributed by atoms with Crippen LogP contribution in [0.1, 0.15) is 31.5 Å². The summed E-state index contributed by atoms with van der Waals surface area (Å²) in [7, 11) is 0. The van der Waals surface area contributed by atoms with Gasteiger partial charge in [-0.25, -0.2) is 4.98 Å². The van der Waals surface area contributed by atoms with Gasteiger partial charge in [0.2, 0.25) is 0 Å². The third-order valence-electron chi connectivity index (χ3n) is 1.75. The van der Waals surface area contributed by atoms with E-state index < -0.39 is 0 Å². The normalized spacial score (nSPS) is 10.0. The van der Waals surface area contributed by atoms with Crippen LogP contribution in [0.15, 0.2) is 12.4 Å². The largest absolute Gasteiger partial charge is 0.349 e. The number of rotatable bonds is 6. The van der Waals surface area contributed by atoms with Gasteiger partial charge in [0.25, 0.3) is 0 Å². The summed E-state index contributed by atoms with van der Waals surface area (Å²) in [5.41, 5.74) is 0. The van der Waals surface area contributed by atoms with Crippen molar-refractivity contribution in [2.75, 3.05) is 0 Å². The molecule has 0 aliphatic rings. The van der Waals surface area contributed by atoms with Crippen molar-refractivity contribution in [1.82, 2.24) is 9.97 Å². The lowest BCUT2D eigenvalue weighted by atomic mass is 10.1. The molecule has 0 saturated carbocycles. The highest BCUT2D eigenvalue weighted by Crippen LogP contribution is 2.02. The zero-order chi connectivity index (χ0) is 8.65. The maximum absolute atomic E-state index is 9.85. The molecule has 1 aromatic rings. The van der Waals surface area contributed by atoms with E-state index in [2.05, 4.69) is 9.97 Å². The summed E-state index contributed by atoms with van der Waals surface area (Å²) in [4.78, 5) is 17.0. The fraction of sp³-hybridized carbons (Fsp3) is 0.556. The van der Waals surface area contributed by atoms with E-state index >= 15 is 0 Å². The Morgan fingerprint density at radius 2 is 2.33 bits per heavy atom. The molecule has 0 aliphatic carbocycles. The summed E-state index contributed by atoms with van der Waals surface area (Å²) in [6, 6.07) is 0. The molecule has 0 spiro atoms. The number of H-pyrrole nitrogens is 1. The predicted octanol–water partition coefficient (Wildman–Crippen LogP) is 1.62. The Balaban J connectivity index is 2.00. The van der Waals surface area contributed by atoms with E-state index in [4.69, 9.17) is 0 Å². The topological polar surface area (TPSA) is 45.8 Å². The highest BCUT2D eigenvalue weighted by molar-refractivity contribution is 5.50. The molecule has 0 saturated heterocycles. The van der Waals surface area contributed by atoms with Crippen LogP contribution in [0, 0.1) is 0 Å². The average molecular weight is 165 g/mol. The molecule has 1 heterocycles. The molecule has 3 heteroatoms. The molecule has 0 amide bonds. The van der Waals surface area contributed by atoms with Crippen LogP contribution in [0.2, 0.25) is 0 Å². The van der Waals surface area contributed by atoms with E-state index in [1.807, 2.05) is 12.5 Å². The molecule has 3 nitrogen and oxygen atoms in total. The summed E-state index contributed by atoms with van der Waals surface area (Å²) in [6.45, 7) is 0. The molecule has 0 aliphatic heterocycles. The monoisotopic (exact) mass is 165 g/mol. The van der Waals surface area contributed by atoms with Crippen molar-refractivity contribution in [2.24, 2.45) is 0 Å². The van der Waals surface area contributed by atoms with Gasteiger partial charge in [-0.15, -0.1) is 0 Å². The molecule has 0 unspecified atom stereocenters. The summed E-state index contributed by atoms with van der Waals surface area (Å²) < 4.78 is 0. The van der Waals surface area contributed by atoms with Gasteiger partial charge in [0, 0.05) is 25.2 Å². The van der Waals surface area contributed by atoms with Crippen molar-refractivity contribution in [1.29, 1.82) is 0 Å². The van der Waals surface area contributed by atoms with Crippen LogP contribution in [-0.2, 0) is 11.2 Å². The first kappa shape index (κ1) is 8.97. The third kappa shape index (κ3) is 3.32. The van der Waals surface area contributed by atoms with Crippen LogP contribution in [0.4, 0.5) is 0 Å². The minimum Gasteiger partial charge on any atom is -0.349 e. The number of imidazole rings is 1. The van der Waals surface area contributed by atoms with Gasteiger partial charge in [0.15, 0.2) is 6.29 Å². The predicted molar refractivity (Wildman–Crippen MR) is 46.5 cm³/mol. The molecular formula is C9H13N2O. The first-order chi connectivity index (χ1) is 5.93. The number of unbranched alkanes of at least 4 members (excludes halogenated alkanes) is 3. The Morgan fingerprint density at radius 3 is 3.00 bits per heavy atom. The molecule has 1 aromatic heterocycles. The Hall–Kier alpha value is -1.12. The number of hydrogen-bond acceptors (Lipinski definition) is 2. The van der Waals surface area contributed by atoms with Crippen LogP contribution in [0.5, 0.6) is 0 Å². The number of aromatic nitrogens is 2. The number of aryl methyl sites for hydroxylation is 1. The van der Waals surface area contributed by atoms with Gasteiger partial charge < -0.3 is 4.98 Å². The average Bonchev–Trinajstić information content (AvgIpc) is 2.57. The van der Waals surface area contributed by atoms with Crippen molar-refractivity contribution in [3.05, 3.63) is 18.2 Å². The maximum atomic E-state index is 9.85. The Kier molecular flexibility index (Phi) is 4.13. The molecule has 12 heavy (non-hydrogen) atoms. The van der Waals surface area contributed by atoms with Crippen LogP contribution in [-0.4, -0.2) is 16.3 Å². The van der Waals surface area contributed by atoms with E-state index in [1.165, 1.54) is 0 Å². The van der Waals surface area contributed by atoms with Gasteiger partial charge in [0.05, 0.1) is 0 Å². The minimum atomic E-state index is 0.568. The number of carbonyl (C=O) groups excluding carboxylic acids is 1. The Bertz CT molecular complexity index is 206. The first-order valence-electron chi connectivity index (χ1n) is 4.27. The Labute approximate surface area is 72.2 Å². The smallest absolute Gasteiger partial charge is 0.198 e. The lowest BCUT2D eigenvalue weighted by molar-refractivity contribution is 0.545. The number of hydrogen-bond donors (Lipinski definition) is 1. The van der Waals surface area contributed by atoms with Crippen LogP contribution < -0.4 is 0 Å². The van der Waals surface area contributed by atoms with E-state index in [9.17, 15) is 4.79 Å². The molecule has 65 valence electrons. The second-order valence-corrected chi connectivity index (χ2v) is 2.74. The maximum Gasteiger partial charge on any atom is 0.198 e.